The standard InChI is InChI=1S/C28H25F3N2O4/c1-17-5-2-3-8-21(17)27(35)33-14-22(19-6-4-7-20(12-19)28(29,30)31)23(15-33)26(34)32-13-18-9-10-24-25(11-18)37-16-36-24/h2-12,22-23H,13-16H2,1H3,(H,32,34)/t22-,23-/m0/s1. The first kappa shape index (κ1) is 24.7. The summed E-state index contributed by atoms with van der Waals surface area (Å²) in [7, 11) is 0. The highest BCUT2D eigenvalue weighted by molar-refractivity contribution is 5.96. The predicted octanol–water partition coefficient (Wildman–Crippen LogP) is 4.91. The lowest BCUT2D eigenvalue weighted by Gasteiger charge is -2.19. The molecule has 1 N–H and O–H groups in total. The molecule has 0 unspecified atom stereocenters. The topological polar surface area (TPSA) is 67.9 Å². The van der Waals surface area contributed by atoms with E-state index in [2.05, 4.69) is 5.32 Å². The maximum absolute atomic E-state index is 13.4. The molecule has 192 valence electrons. The van der Waals surface area contributed by atoms with E-state index in [4.69, 9.17) is 9.47 Å². The smallest absolute Gasteiger partial charge is 0.416 e. The molecular formula is C28H25F3N2O4. The van der Waals surface area contributed by atoms with Gasteiger partial charge in [-0.3, -0.25) is 9.59 Å². The van der Waals surface area contributed by atoms with Crippen molar-refractivity contribution in [3.8, 4) is 11.5 Å². The second-order valence-electron chi connectivity index (χ2n) is 9.27. The van der Waals surface area contributed by atoms with Crippen LogP contribution in [0, 0.1) is 12.8 Å². The molecule has 37 heavy (non-hydrogen) atoms. The van der Waals surface area contributed by atoms with Gasteiger partial charge in [0, 0.05) is 31.1 Å². The SMILES string of the molecule is Cc1ccccc1C(=O)N1C[C@H](C(=O)NCc2ccc3c(c2)OCO3)[C@H](c2cccc(C(F)(F)F)c2)C1. The van der Waals surface area contributed by atoms with Gasteiger partial charge in [-0.2, -0.15) is 13.2 Å². The number of hydrogen-bond donors (Lipinski definition) is 1. The first-order valence-electron chi connectivity index (χ1n) is 11.9. The summed E-state index contributed by atoms with van der Waals surface area (Å²) < 4.78 is 51.0. The summed E-state index contributed by atoms with van der Waals surface area (Å²) in [5.74, 6) is -0.677. The van der Waals surface area contributed by atoms with Crippen molar-refractivity contribution in [3.05, 3.63) is 94.5 Å². The number of benzene rings is 3. The first-order chi connectivity index (χ1) is 17.7. The van der Waals surface area contributed by atoms with Crippen molar-refractivity contribution in [3.63, 3.8) is 0 Å². The van der Waals surface area contributed by atoms with Gasteiger partial charge in [0.2, 0.25) is 12.7 Å². The molecule has 3 aromatic carbocycles. The number of hydrogen-bond acceptors (Lipinski definition) is 4. The van der Waals surface area contributed by atoms with Crippen LogP contribution in [0.4, 0.5) is 13.2 Å². The van der Waals surface area contributed by atoms with E-state index in [0.29, 0.717) is 22.6 Å². The van der Waals surface area contributed by atoms with Crippen LogP contribution in [0.2, 0.25) is 0 Å². The molecule has 3 aromatic rings. The monoisotopic (exact) mass is 510 g/mol. The molecular weight excluding hydrogens is 485 g/mol. The zero-order chi connectivity index (χ0) is 26.2. The average molecular weight is 511 g/mol. The molecule has 0 aliphatic carbocycles. The van der Waals surface area contributed by atoms with Crippen LogP contribution < -0.4 is 14.8 Å². The number of rotatable bonds is 5. The van der Waals surface area contributed by atoms with Gasteiger partial charge >= 0.3 is 6.18 Å². The van der Waals surface area contributed by atoms with E-state index in [0.717, 1.165) is 23.3 Å². The van der Waals surface area contributed by atoms with Crippen molar-refractivity contribution in [1.82, 2.24) is 10.2 Å². The quantitative estimate of drug-likeness (QED) is 0.530. The lowest BCUT2D eigenvalue weighted by Crippen LogP contribution is -2.35. The molecule has 0 radical (unpaired) electrons. The molecule has 0 spiro atoms. The molecule has 0 saturated carbocycles. The van der Waals surface area contributed by atoms with Crippen LogP contribution in [0.3, 0.4) is 0 Å². The number of nitrogens with one attached hydrogen (secondary N) is 1. The van der Waals surface area contributed by atoms with Crippen molar-refractivity contribution in [2.45, 2.75) is 25.6 Å². The molecule has 2 aliphatic rings. The molecule has 5 rings (SSSR count). The summed E-state index contributed by atoms with van der Waals surface area (Å²) in [5.41, 5.74) is 1.68. The van der Waals surface area contributed by atoms with E-state index < -0.39 is 23.6 Å². The summed E-state index contributed by atoms with van der Waals surface area (Å²) in [6, 6.07) is 17.5. The fraction of sp³-hybridized carbons (Fsp3) is 0.286. The molecule has 1 fully saturated rings. The van der Waals surface area contributed by atoms with E-state index >= 15 is 0 Å². The summed E-state index contributed by atoms with van der Waals surface area (Å²) in [6.45, 7) is 2.39. The van der Waals surface area contributed by atoms with Gasteiger partial charge in [-0.1, -0.05) is 42.5 Å². The van der Waals surface area contributed by atoms with Crippen LogP contribution in [0.25, 0.3) is 0 Å². The van der Waals surface area contributed by atoms with Gasteiger partial charge in [0.15, 0.2) is 11.5 Å². The third-order valence-corrected chi connectivity index (χ3v) is 6.87. The van der Waals surface area contributed by atoms with Crippen LogP contribution in [0.1, 0.15) is 38.5 Å². The third kappa shape index (κ3) is 5.12. The minimum absolute atomic E-state index is 0.0983. The molecule has 2 heterocycles. The Bertz CT molecular complexity index is 1340. The summed E-state index contributed by atoms with van der Waals surface area (Å²) in [6.07, 6.45) is -4.51. The van der Waals surface area contributed by atoms with Crippen molar-refractivity contribution in [2.75, 3.05) is 19.9 Å². The Balaban J connectivity index is 1.39. The number of aryl methyl sites for hydroxylation is 1. The molecule has 6 nitrogen and oxygen atoms in total. The Kier molecular flexibility index (Phi) is 6.54. The number of ether oxygens (including phenoxy) is 2. The molecule has 9 heteroatoms. The van der Waals surface area contributed by atoms with Gasteiger partial charge in [0.05, 0.1) is 11.5 Å². The summed E-state index contributed by atoms with van der Waals surface area (Å²) in [4.78, 5) is 28.2. The van der Waals surface area contributed by atoms with Gasteiger partial charge in [0.25, 0.3) is 5.91 Å². The number of carbonyl (C=O) groups excluding carboxylic acids is 2. The van der Waals surface area contributed by atoms with Gasteiger partial charge in [0.1, 0.15) is 0 Å². The van der Waals surface area contributed by atoms with E-state index in [-0.39, 0.29) is 38.2 Å². The van der Waals surface area contributed by atoms with E-state index in [9.17, 15) is 22.8 Å². The van der Waals surface area contributed by atoms with Crippen molar-refractivity contribution < 1.29 is 32.2 Å². The number of likely N-dealkylation sites (tertiary alicyclic amines) is 1. The molecule has 2 amide bonds. The molecule has 0 bridgehead atoms. The number of alkyl halides is 3. The fourth-order valence-electron chi connectivity index (χ4n) is 4.87. The highest BCUT2D eigenvalue weighted by Gasteiger charge is 2.41. The zero-order valence-corrected chi connectivity index (χ0v) is 20.0. The van der Waals surface area contributed by atoms with Crippen LogP contribution in [-0.4, -0.2) is 36.6 Å². The van der Waals surface area contributed by atoms with Gasteiger partial charge in [-0.15, -0.1) is 0 Å². The van der Waals surface area contributed by atoms with E-state index in [1.807, 2.05) is 19.1 Å². The lowest BCUT2D eigenvalue weighted by molar-refractivity contribution is -0.137. The Morgan fingerprint density at radius 2 is 1.76 bits per heavy atom. The number of halogens is 3. The highest BCUT2D eigenvalue weighted by Crippen LogP contribution is 2.37. The Morgan fingerprint density at radius 3 is 2.54 bits per heavy atom. The lowest BCUT2D eigenvalue weighted by atomic mass is 9.87. The maximum atomic E-state index is 13.4. The number of carbonyl (C=O) groups is 2. The first-order valence-corrected chi connectivity index (χ1v) is 11.9. The maximum Gasteiger partial charge on any atom is 0.416 e. The average Bonchev–Trinajstić information content (AvgIpc) is 3.54. The van der Waals surface area contributed by atoms with Crippen LogP contribution in [-0.2, 0) is 17.5 Å². The van der Waals surface area contributed by atoms with Gasteiger partial charge in [-0.05, 0) is 47.9 Å². The highest BCUT2D eigenvalue weighted by atomic mass is 19.4. The molecule has 0 aromatic heterocycles. The second-order valence-corrected chi connectivity index (χ2v) is 9.27. The fourth-order valence-corrected chi connectivity index (χ4v) is 4.87. The predicted molar refractivity (Wildman–Crippen MR) is 129 cm³/mol. The third-order valence-electron chi connectivity index (χ3n) is 6.87. The van der Waals surface area contributed by atoms with Crippen molar-refractivity contribution >= 4 is 11.8 Å². The van der Waals surface area contributed by atoms with Crippen LogP contribution >= 0.6 is 0 Å². The number of fused-ring (bicyclic) bond motifs is 1. The Morgan fingerprint density at radius 1 is 0.973 bits per heavy atom. The summed E-state index contributed by atoms with van der Waals surface area (Å²) in [5, 5.41) is 2.89. The minimum atomic E-state index is -4.51. The van der Waals surface area contributed by atoms with E-state index in [1.165, 1.54) is 6.07 Å². The van der Waals surface area contributed by atoms with Gasteiger partial charge < -0.3 is 19.7 Å². The van der Waals surface area contributed by atoms with E-state index in [1.54, 1.807) is 41.3 Å². The Labute approximate surface area is 212 Å². The second kappa shape index (κ2) is 9.80. The Hall–Kier alpha value is -4.01. The molecule has 2 aliphatic heterocycles. The molecule has 2 atom stereocenters. The molecule has 1 saturated heterocycles. The zero-order valence-electron chi connectivity index (χ0n) is 20.0. The summed E-state index contributed by atoms with van der Waals surface area (Å²) >= 11 is 0. The number of amides is 2. The largest absolute Gasteiger partial charge is 0.454 e. The van der Waals surface area contributed by atoms with Crippen LogP contribution in [0.15, 0.2) is 66.7 Å². The minimum Gasteiger partial charge on any atom is -0.454 e. The van der Waals surface area contributed by atoms with Crippen molar-refractivity contribution in [2.24, 2.45) is 5.92 Å². The van der Waals surface area contributed by atoms with Gasteiger partial charge in [-0.25, -0.2) is 0 Å². The van der Waals surface area contributed by atoms with Crippen LogP contribution in [0.5, 0.6) is 11.5 Å². The normalized spacial score (nSPS) is 18.6. The van der Waals surface area contributed by atoms with Crippen molar-refractivity contribution in [1.29, 1.82) is 0 Å². The number of nitrogens with zero attached hydrogens (tertiary/aromatic N) is 1.